The van der Waals surface area contributed by atoms with Crippen LogP contribution in [0.3, 0.4) is 0 Å². The summed E-state index contributed by atoms with van der Waals surface area (Å²) in [5.41, 5.74) is 1.40. The Morgan fingerprint density at radius 2 is 1.27 bits per heavy atom. The zero-order chi connectivity index (χ0) is 18.1. The lowest BCUT2D eigenvalue weighted by atomic mass is 9.73. The minimum absolute atomic E-state index is 0.164. The summed E-state index contributed by atoms with van der Waals surface area (Å²) in [6.45, 7) is 3.79. The Hall–Kier alpha value is -2.72. The zero-order valence-electron chi connectivity index (χ0n) is 14.7. The number of hydrogen-bond acceptors (Lipinski definition) is 3. The second-order valence-electron chi connectivity index (χ2n) is 7.68. The van der Waals surface area contributed by atoms with Crippen LogP contribution in [0.4, 0.5) is 5.69 Å². The summed E-state index contributed by atoms with van der Waals surface area (Å²) >= 11 is 0. The number of carbonyl (C=O) groups excluding carboxylic acids is 2. The summed E-state index contributed by atoms with van der Waals surface area (Å²) in [5.74, 6) is -1.22. The minimum atomic E-state index is -0.690. The molecule has 2 fully saturated rings. The van der Waals surface area contributed by atoms with Crippen molar-refractivity contribution in [2.45, 2.75) is 25.0 Å². The molecule has 4 nitrogen and oxygen atoms in total. The van der Waals surface area contributed by atoms with Gasteiger partial charge in [0.1, 0.15) is 0 Å². The molecule has 3 heterocycles. The van der Waals surface area contributed by atoms with Crippen molar-refractivity contribution in [3.63, 3.8) is 0 Å². The molecule has 0 saturated carbocycles. The number of benzene rings is 2. The Kier molecular flexibility index (Phi) is 2.94. The number of nitrogens with zero attached hydrogens (tertiary/aromatic N) is 1. The number of amides is 2. The molecular formula is C22H19NO3. The maximum absolute atomic E-state index is 13.1. The van der Waals surface area contributed by atoms with E-state index in [9.17, 15) is 9.59 Å². The van der Waals surface area contributed by atoms with Crippen LogP contribution in [0.1, 0.15) is 13.8 Å². The first-order valence-electron chi connectivity index (χ1n) is 8.87. The van der Waals surface area contributed by atoms with Gasteiger partial charge in [-0.25, -0.2) is 4.90 Å². The van der Waals surface area contributed by atoms with Crippen LogP contribution < -0.4 is 4.90 Å². The lowest BCUT2D eigenvalue weighted by Gasteiger charge is -2.25. The van der Waals surface area contributed by atoms with E-state index in [1.54, 1.807) is 0 Å². The summed E-state index contributed by atoms with van der Waals surface area (Å²) < 4.78 is 6.04. The number of anilines is 1. The monoisotopic (exact) mass is 345 g/mol. The number of carbonyl (C=O) groups is 2. The van der Waals surface area contributed by atoms with Crippen LogP contribution in [0.15, 0.2) is 66.7 Å². The van der Waals surface area contributed by atoms with Crippen molar-refractivity contribution < 1.29 is 14.3 Å². The molecule has 0 aromatic heterocycles. The van der Waals surface area contributed by atoms with Crippen molar-refractivity contribution in [1.29, 1.82) is 0 Å². The fraction of sp³-hybridized carbons (Fsp3) is 0.273. The van der Waals surface area contributed by atoms with Crippen LogP contribution >= 0.6 is 0 Å². The van der Waals surface area contributed by atoms with Crippen molar-refractivity contribution in [3.8, 4) is 11.1 Å². The van der Waals surface area contributed by atoms with Gasteiger partial charge < -0.3 is 4.74 Å². The van der Waals surface area contributed by atoms with E-state index in [4.69, 9.17) is 4.74 Å². The van der Waals surface area contributed by atoms with E-state index in [2.05, 4.69) is 0 Å². The highest BCUT2D eigenvalue weighted by Crippen LogP contribution is 2.57. The number of imide groups is 1. The van der Waals surface area contributed by atoms with Crippen molar-refractivity contribution in [2.24, 2.45) is 11.8 Å². The van der Waals surface area contributed by atoms with Gasteiger partial charge >= 0.3 is 0 Å². The quantitative estimate of drug-likeness (QED) is 0.617. The van der Waals surface area contributed by atoms with E-state index in [-0.39, 0.29) is 11.8 Å². The maximum atomic E-state index is 13.1. The van der Waals surface area contributed by atoms with Gasteiger partial charge in [0.25, 0.3) is 0 Å². The maximum Gasteiger partial charge on any atom is 0.241 e. The fourth-order valence-corrected chi connectivity index (χ4v) is 4.72. The standard InChI is InChI=1S/C22H19NO3/c1-21-12-13-22(2,26-21)18-17(21)19(24)23(20(18)25)16-10-8-15(9-11-16)14-6-4-3-5-7-14/h3-13,17-18H,1-2H3. The van der Waals surface area contributed by atoms with Crippen LogP contribution in [-0.4, -0.2) is 23.0 Å². The first-order valence-corrected chi connectivity index (χ1v) is 8.87. The normalized spacial score (nSPS) is 34.6. The van der Waals surface area contributed by atoms with Gasteiger partial charge in [0.05, 0.1) is 28.7 Å². The molecule has 130 valence electrons. The van der Waals surface area contributed by atoms with Gasteiger partial charge in [0, 0.05) is 0 Å². The van der Waals surface area contributed by atoms with Gasteiger partial charge in [-0.05, 0) is 37.1 Å². The van der Waals surface area contributed by atoms with Gasteiger partial charge in [0.2, 0.25) is 11.8 Å². The molecule has 0 spiro atoms. The van der Waals surface area contributed by atoms with Crippen LogP contribution in [0.5, 0.6) is 0 Å². The SMILES string of the molecule is CC12C=CC(C)(O1)C1C(=O)N(c3ccc(-c4ccccc4)cc3)C(=O)C12. The molecule has 0 N–H and O–H groups in total. The van der Waals surface area contributed by atoms with E-state index in [1.807, 2.05) is 80.6 Å². The number of fused-ring (bicyclic) bond motifs is 5. The molecule has 2 aromatic rings. The average Bonchev–Trinajstić information content (AvgIpc) is 3.20. The molecule has 4 heteroatoms. The van der Waals surface area contributed by atoms with Crippen molar-refractivity contribution >= 4 is 17.5 Å². The summed E-state index contributed by atoms with van der Waals surface area (Å²) in [7, 11) is 0. The number of hydrogen-bond donors (Lipinski definition) is 0. The molecule has 3 aliphatic heterocycles. The topological polar surface area (TPSA) is 46.6 Å². The average molecular weight is 345 g/mol. The summed E-state index contributed by atoms with van der Waals surface area (Å²) in [4.78, 5) is 27.5. The van der Waals surface area contributed by atoms with E-state index >= 15 is 0 Å². The van der Waals surface area contributed by atoms with Gasteiger partial charge in [-0.2, -0.15) is 0 Å². The molecule has 26 heavy (non-hydrogen) atoms. The van der Waals surface area contributed by atoms with Gasteiger partial charge in [-0.15, -0.1) is 0 Å². The third-order valence-corrected chi connectivity index (χ3v) is 5.96. The Labute approximate surface area is 152 Å². The van der Waals surface area contributed by atoms with Crippen molar-refractivity contribution in [2.75, 3.05) is 4.90 Å². The zero-order valence-corrected chi connectivity index (χ0v) is 14.7. The van der Waals surface area contributed by atoms with Crippen LogP contribution in [0, 0.1) is 11.8 Å². The molecule has 3 aliphatic rings. The third kappa shape index (κ3) is 1.88. The molecule has 2 bridgehead atoms. The highest BCUT2D eigenvalue weighted by molar-refractivity contribution is 6.23. The molecule has 5 rings (SSSR count). The Morgan fingerprint density at radius 1 is 0.769 bits per heavy atom. The van der Waals surface area contributed by atoms with E-state index in [1.165, 1.54) is 4.90 Å². The number of rotatable bonds is 2. The largest absolute Gasteiger partial charge is 0.359 e. The van der Waals surface area contributed by atoms with Crippen molar-refractivity contribution in [3.05, 3.63) is 66.7 Å². The predicted octanol–water partition coefficient (Wildman–Crippen LogP) is 3.58. The highest BCUT2D eigenvalue weighted by atomic mass is 16.5. The first-order chi connectivity index (χ1) is 12.4. The molecule has 4 unspecified atom stereocenters. The number of ether oxygens (including phenoxy) is 1. The highest BCUT2D eigenvalue weighted by Gasteiger charge is 2.70. The molecule has 0 aliphatic carbocycles. The lowest BCUT2D eigenvalue weighted by molar-refractivity contribution is -0.128. The second kappa shape index (κ2) is 4.92. The van der Waals surface area contributed by atoms with Gasteiger partial charge in [0.15, 0.2) is 0 Å². The van der Waals surface area contributed by atoms with Gasteiger partial charge in [-0.3, -0.25) is 9.59 Å². The van der Waals surface area contributed by atoms with E-state index in [0.717, 1.165) is 11.1 Å². The predicted molar refractivity (Wildman–Crippen MR) is 98.4 cm³/mol. The van der Waals surface area contributed by atoms with Gasteiger partial charge in [-0.1, -0.05) is 54.6 Å². The van der Waals surface area contributed by atoms with E-state index < -0.39 is 23.0 Å². The summed E-state index contributed by atoms with van der Waals surface area (Å²) in [6.07, 6.45) is 3.86. The Morgan fingerprint density at radius 3 is 1.81 bits per heavy atom. The van der Waals surface area contributed by atoms with Crippen LogP contribution in [0.2, 0.25) is 0 Å². The van der Waals surface area contributed by atoms with Crippen LogP contribution in [-0.2, 0) is 14.3 Å². The molecule has 2 aromatic carbocycles. The molecular weight excluding hydrogens is 326 g/mol. The third-order valence-electron chi connectivity index (χ3n) is 5.96. The summed E-state index contributed by atoms with van der Waals surface area (Å²) in [6, 6.07) is 17.6. The summed E-state index contributed by atoms with van der Waals surface area (Å²) in [5, 5.41) is 0. The molecule has 4 atom stereocenters. The van der Waals surface area contributed by atoms with Crippen molar-refractivity contribution in [1.82, 2.24) is 0 Å². The fourth-order valence-electron chi connectivity index (χ4n) is 4.72. The molecule has 2 saturated heterocycles. The molecule has 0 radical (unpaired) electrons. The Bertz CT molecular complexity index is 913. The first kappa shape index (κ1) is 15.5. The minimum Gasteiger partial charge on any atom is -0.359 e. The molecule has 2 amide bonds. The Balaban J connectivity index is 1.51. The smallest absolute Gasteiger partial charge is 0.241 e. The van der Waals surface area contributed by atoms with Crippen LogP contribution in [0.25, 0.3) is 11.1 Å². The second-order valence-corrected chi connectivity index (χ2v) is 7.68. The lowest BCUT2D eigenvalue weighted by Crippen LogP contribution is -2.39. The van der Waals surface area contributed by atoms with E-state index in [0.29, 0.717) is 5.69 Å².